The molecule has 0 saturated heterocycles. The first-order valence-corrected chi connectivity index (χ1v) is 9.39. The second-order valence-electron chi connectivity index (χ2n) is 6.67. The van der Waals surface area contributed by atoms with Crippen molar-refractivity contribution in [3.05, 3.63) is 119 Å². The molecule has 0 fully saturated rings. The number of fused-ring (bicyclic) bond motifs is 3. The highest BCUT2D eigenvalue weighted by atomic mass is 35.5. The second kappa shape index (κ2) is 6.61. The number of rotatable bonds is 2. The molecule has 1 heterocycles. The fourth-order valence-corrected chi connectivity index (χ4v) is 3.98. The maximum Gasteiger partial charge on any atom is 0.143 e. The first-order valence-electron chi connectivity index (χ1n) is 9.02. The van der Waals surface area contributed by atoms with Gasteiger partial charge >= 0.3 is 0 Å². The van der Waals surface area contributed by atoms with Gasteiger partial charge in [0.25, 0.3) is 0 Å². The van der Waals surface area contributed by atoms with Crippen molar-refractivity contribution in [3.63, 3.8) is 0 Å². The minimum absolute atomic E-state index is 0.147. The summed E-state index contributed by atoms with van der Waals surface area (Å²) in [5, 5.41) is 3.11. The van der Waals surface area contributed by atoms with Crippen LogP contribution in [0.3, 0.4) is 0 Å². The van der Waals surface area contributed by atoms with Crippen LogP contribution in [0.5, 0.6) is 5.75 Å². The quantitative estimate of drug-likeness (QED) is 0.368. The van der Waals surface area contributed by atoms with Crippen molar-refractivity contribution in [2.75, 3.05) is 0 Å². The molecule has 0 N–H and O–H groups in total. The maximum atomic E-state index is 6.59. The highest BCUT2D eigenvalue weighted by Gasteiger charge is 2.25. The van der Waals surface area contributed by atoms with Gasteiger partial charge in [-0.25, -0.2) is 0 Å². The fourth-order valence-electron chi connectivity index (χ4n) is 3.74. The van der Waals surface area contributed by atoms with Crippen LogP contribution in [-0.2, 0) is 0 Å². The van der Waals surface area contributed by atoms with Crippen molar-refractivity contribution in [1.29, 1.82) is 0 Å². The Morgan fingerprint density at radius 2 is 1.44 bits per heavy atom. The van der Waals surface area contributed by atoms with E-state index in [2.05, 4.69) is 60.7 Å². The molecule has 4 aromatic rings. The van der Waals surface area contributed by atoms with Crippen LogP contribution in [0.25, 0.3) is 16.3 Å². The normalized spacial score (nSPS) is 15.7. The van der Waals surface area contributed by atoms with Crippen molar-refractivity contribution in [3.8, 4) is 5.75 Å². The van der Waals surface area contributed by atoms with Crippen molar-refractivity contribution >= 4 is 27.9 Å². The lowest BCUT2D eigenvalue weighted by molar-refractivity contribution is 0.251. The van der Waals surface area contributed by atoms with Crippen molar-refractivity contribution in [2.45, 2.75) is 6.10 Å². The summed E-state index contributed by atoms with van der Waals surface area (Å²) in [5.74, 6) is 0.889. The van der Waals surface area contributed by atoms with E-state index in [4.69, 9.17) is 16.3 Å². The fraction of sp³-hybridized carbons (Fsp3) is 0.0400. The van der Waals surface area contributed by atoms with Crippen LogP contribution in [0, 0.1) is 0 Å². The summed E-state index contributed by atoms with van der Waals surface area (Å²) in [4.78, 5) is 0. The lowest BCUT2D eigenvalue weighted by Gasteiger charge is -2.27. The zero-order chi connectivity index (χ0) is 18.2. The molecule has 1 unspecified atom stereocenters. The molecule has 1 atom stereocenters. The molecule has 27 heavy (non-hydrogen) atoms. The average Bonchev–Trinajstić information content (AvgIpc) is 2.74. The molecule has 130 valence electrons. The van der Waals surface area contributed by atoms with Gasteiger partial charge in [0.1, 0.15) is 11.9 Å². The third-order valence-corrected chi connectivity index (χ3v) is 5.35. The van der Waals surface area contributed by atoms with Gasteiger partial charge in [-0.2, -0.15) is 0 Å². The highest BCUT2D eigenvalue weighted by molar-refractivity contribution is 6.32. The summed E-state index contributed by atoms with van der Waals surface area (Å²) in [5.41, 5.74) is 4.38. The van der Waals surface area contributed by atoms with E-state index < -0.39 is 0 Å². The molecule has 0 aliphatic carbocycles. The van der Waals surface area contributed by atoms with Gasteiger partial charge < -0.3 is 4.74 Å². The Balaban J connectivity index is 1.79. The zero-order valence-electron chi connectivity index (χ0n) is 14.6. The van der Waals surface area contributed by atoms with Gasteiger partial charge in [-0.05, 0) is 40.1 Å². The largest absolute Gasteiger partial charge is 0.481 e. The van der Waals surface area contributed by atoms with Gasteiger partial charge in [0.2, 0.25) is 0 Å². The van der Waals surface area contributed by atoms with Crippen LogP contribution >= 0.6 is 11.6 Å². The van der Waals surface area contributed by atoms with Crippen LogP contribution < -0.4 is 4.74 Å². The Morgan fingerprint density at radius 1 is 0.704 bits per heavy atom. The highest BCUT2D eigenvalue weighted by Crippen LogP contribution is 2.45. The topological polar surface area (TPSA) is 9.23 Å². The summed E-state index contributed by atoms with van der Waals surface area (Å²) in [6.45, 7) is 0. The summed E-state index contributed by atoms with van der Waals surface area (Å²) in [7, 11) is 0. The smallest absolute Gasteiger partial charge is 0.143 e. The zero-order valence-corrected chi connectivity index (χ0v) is 15.4. The Bertz CT molecular complexity index is 1160. The lowest BCUT2D eigenvalue weighted by atomic mass is 9.88. The predicted molar refractivity (Wildman–Crippen MR) is 112 cm³/mol. The minimum Gasteiger partial charge on any atom is -0.481 e. The molecule has 2 heteroatoms. The van der Waals surface area contributed by atoms with Crippen LogP contribution in [0.2, 0.25) is 5.02 Å². The maximum absolute atomic E-state index is 6.59. The van der Waals surface area contributed by atoms with E-state index in [0.29, 0.717) is 0 Å². The molecule has 4 aromatic carbocycles. The molecular weight excluding hydrogens is 352 g/mol. The summed E-state index contributed by atoms with van der Waals surface area (Å²) >= 11 is 6.59. The van der Waals surface area contributed by atoms with E-state index in [1.807, 2.05) is 36.4 Å². The first-order chi connectivity index (χ1) is 13.3. The minimum atomic E-state index is -0.147. The first kappa shape index (κ1) is 16.2. The molecule has 5 rings (SSSR count). The molecule has 0 radical (unpaired) electrons. The summed E-state index contributed by atoms with van der Waals surface area (Å²) in [6.07, 6.45) is 2.04. The van der Waals surface area contributed by atoms with Crippen molar-refractivity contribution < 1.29 is 4.74 Å². The van der Waals surface area contributed by atoms with Crippen LogP contribution in [0.1, 0.15) is 22.8 Å². The number of halogens is 1. The molecule has 1 aliphatic heterocycles. The number of ether oxygens (including phenoxy) is 1. The molecular formula is C25H17ClO. The average molecular weight is 369 g/mol. The Labute approximate surface area is 163 Å². The molecule has 1 aliphatic rings. The van der Waals surface area contributed by atoms with Crippen LogP contribution in [0.15, 0.2) is 97.1 Å². The number of hydrogen-bond donors (Lipinski definition) is 0. The predicted octanol–water partition coefficient (Wildman–Crippen LogP) is 7.06. The Hall–Kier alpha value is -3.03. The molecule has 0 saturated carbocycles. The molecule has 0 spiro atoms. The van der Waals surface area contributed by atoms with Gasteiger partial charge in [0, 0.05) is 16.1 Å². The SMILES string of the molecule is Clc1ccccc1C1=CC(c2ccccc2)Oc2ccc3ccccc3c21. The van der Waals surface area contributed by atoms with Crippen molar-refractivity contribution in [1.82, 2.24) is 0 Å². The van der Waals surface area contributed by atoms with Gasteiger partial charge in [-0.15, -0.1) is 0 Å². The van der Waals surface area contributed by atoms with Gasteiger partial charge in [0.15, 0.2) is 0 Å². The molecule has 1 nitrogen and oxygen atoms in total. The van der Waals surface area contributed by atoms with Crippen LogP contribution in [0.4, 0.5) is 0 Å². The second-order valence-corrected chi connectivity index (χ2v) is 7.08. The number of hydrogen-bond acceptors (Lipinski definition) is 1. The monoisotopic (exact) mass is 368 g/mol. The van der Waals surface area contributed by atoms with E-state index in [9.17, 15) is 0 Å². The van der Waals surface area contributed by atoms with E-state index in [1.54, 1.807) is 0 Å². The van der Waals surface area contributed by atoms with E-state index in [-0.39, 0.29) is 6.10 Å². The third kappa shape index (κ3) is 2.81. The van der Waals surface area contributed by atoms with E-state index in [1.165, 1.54) is 10.8 Å². The summed E-state index contributed by atoms with van der Waals surface area (Å²) < 4.78 is 6.40. The van der Waals surface area contributed by atoms with E-state index in [0.717, 1.165) is 33.0 Å². The standard InChI is InChI=1S/C25H17ClO/c26-22-13-7-6-12-20(22)21-16-24(18-9-2-1-3-10-18)27-23-15-14-17-8-4-5-11-19(17)25(21)23/h1-16,24H. The van der Waals surface area contributed by atoms with Crippen LogP contribution in [-0.4, -0.2) is 0 Å². The number of benzene rings is 4. The Morgan fingerprint density at radius 3 is 2.30 bits per heavy atom. The Kier molecular flexibility index (Phi) is 3.95. The molecule has 0 bridgehead atoms. The third-order valence-electron chi connectivity index (χ3n) is 5.02. The van der Waals surface area contributed by atoms with Gasteiger partial charge in [-0.1, -0.05) is 90.5 Å². The van der Waals surface area contributed by atoms with Gasteiger partial charge in [-0.3, -0.25) is 0 Å². The van der Waals surface area contributed by atoms with Gasteiger partial charge in [0.05, 0.1) is 0 Å². The molecule has 0 amide bonds. The molecule has 0 aromatic heterocycles. The lowest BCUT2D eigenvalue weighted by Crippen LogP contribution is -2.12. The summed E-state index contributed by atoms with van der Waals surface area (Å²) in [6, 6.07) is 30.9. The van der Waals surface area contributed by atoms with E-state index >= 15 is 0 Å². The van der Waals surface area contributed by atoms with Crippen molar-refractivity contribution in [2.24, 2.45) is 0 Å².